The summed E-state index contributed by atoms with van der Waals surface area (Å²) < 4.78 is 5.20. The zero-order valence-electron chi connectivity index (χ0n) is 10.5. The fourth-order valence-corrected chi connectivity index (χ4v) is 1.77. The minimum atomic E-state index is 0.000556. The van der Waals surface area contributed by atoms with Gasteiger partial charge in [0.1, 0.15) is 12.1 Å². The Kier molecular flexibility index (Phi) is 4.20. The van der Waals surface area contributed by atoms with E-state index in [1.54, 1.807) is 25.8 Å². The average Bonchev–Trinajstić information content (AvgIpc) is 2.46. The third-order valence-corrected chi connectivity index (χ3v) is 2.61. The Morgan fingerprint density at radius 1 is 1.33 bits per heavy atom. The van der Waals surface area contributed by atoms with Crippen LogP contribution in [0.3, 0.4) is 0 Å². The summed E-state index contributed by atoms with van der Waals surface area (Å²) in [6.07, 6.45) is 6.79. The van der Waals surface area contributed by atoms with Crippen molar-refractivity contribution in [3.05, 3.63) is 48.3 Å². The number of hydrogen-bond acceptors (Lipinski definition) is 5. The first-order valence-electron chi connectivity index (χ1n) is 5.83. The molecule has 2 rings (SSSR count). The van der Waals surface area contributed by atoms with Crippen molar-refractivity contribution in [2.45, 2.75) is 13.0 Å². The van der Waals surface area contributed by atoms with E-state index in [0.29, 0.717) is 0 Å². The van der Waals surface area contributed by atoms with Crippen molar-refractivity contribution in [2.75, 3.05) is 13.7 Å². The molecule has 0 spiro atoms. The van der Waals surface area contributed by atoms with Gasteiger partial charge in [0.25, 0.3) is 0 Å². The lowest BCUT2D eigenvalue weighted by Gasteiger charge is -2.17. The van der Waals surface area contributed by atoms with E-state index >= 15 is 0 Å². The summed E-state index contributed by atoms with van der Waals surface area (Å²) in [6, 6.07) is 3.86. The van der Waals surface area contributed by atoms with Crippen LogP contribution in [-0.2, 0) is 0 Å². The Morgan fingerprint density at radius 2 is 2.22 bits per heavy atom. The molecule has 0 aliphatic rings. The predicted octanol–water partition coefficient (Wildman–Crippen LogP) is 1.58. The third-order valence-electron chi connectivity index (χ3n) is 2.61. The van der Waals surface area contributed by atoms with E-state index in [-0.39, 0.29) is 6.04 Å². The van der Waals surface area contributed by atoms with Gasteiger partial charge in [0.05, 0.1) is 25.0 Å². The average molecular weight is 244 g/mol. The Hall–Kier alpha value is -2.01. The second-order valence-electron chi connectivity index (χ2n) is 3.78. The maximum atomic E-state index is 5.20. The van der Waals surface area contributed by atoms with Gasteiger partial charge in [-0.1, -0.05) is 6.92 Å². The normalized spacial score (nSPS) is 12.1. The zero-order valence-corrected chi connectivity index (χ0v) is 10.5. The van der Waals surface area contributed by atoms with E-state index in [9.17, 15) is 0 Å². The molecular weight excluding hydrogens is 228 g/mol. The van der Waals surface area contributed by atoms with Gasteiger partial charge in [-0.05, 0) is 24.2 Å². The molecule has 5 nitrogen and oxygen atoms in total. The van der Waals surface area contributed by atoms with Crippen LogP contribution in [0.4, 0.5) is 0 Å². The first kappa shape index (κ1) is 12.4. The summed E-state index contributed by atoms with van der Waals surface area (Å²) in [4.78, 5) is 12.4. The van der Waals surface area contributed by atoms with Crippen molar-refractivity contribution in [3.63, 3.8) is 0 Å². The number of hydrogen-bond donors (Lipinski definition) is 1. The van der Waals surface area contributed by atoms with E-state index < -0.39 is 0 Å². The molecule has 0 amide bonds. The van der Waals surface area contributed by atoms with Gasteiger partial charge in [-0.25, -0.2) is 9.97 Å². The summed E-state index contributed by atoms with van der Waals surface area (Å²) in [7, 11) is 1.63. The summed E-state index contributed by atoms with van der Waals surface area (Å²) in [6.45, 7) is 2.90. The van der Waals surface area contributed by atoms with Crippen LogP contribution in [0.2, 0.25) is 0 Å². The van der Waals surface area contributed by atoms with Crippen LogP contribution in [0.5, 0.6) is 5.75 Å². The molecule has 0 aliphatic carbocycles. The Balaban J connectivity index is 2.35. The van der Waals surface area contributed by atoms with E-state index in [1.165, 1.54) is 0 Å². The topological polar surface area (TPSA) is 59.9 Å². The molecule has 0 bridgehead atoms. The molecule has 2 heterocycles. The molecule has 5 heteroatoms. The molecule has 0 aliphatic heterocycles. The van der Waals surface area contributed by atoms with Crippen LogP contribution >= 0.6 is 0 Å². The Labute approximate surface area is 106 Å². The highest BCUT2D eigenvalue weighted by molar-refractivity contribution is 5.30. The summed E-state index contributed by atoms with van der Waals surface area (Å²) in [5.41, 5.74) is 1.94. The van der Waals surface area contributed by atoms with Gasteiger partial charge in [-0.3, -0.25) is 4.98 Å². The molecule has 0 radical (unpaired) electrons. The summed E-state index contributed by atoms with van der Waals surface area (Å²) >= 11 is 0. The molecule has 0 fully saturated rings. The van der Waals surface area contributed by atoms with Crippen LogP contribution in [0.1, 0.15) is 24.2 Å². The number of aromatic nitrogens is 3. The van der Waals surface area contributed by atoms with E-state index in [1.807, 2.05) is 18.3 Å². The first-order chi connectivity index (χ1) is 8.85. The highest BCUT2D eigenvalue weighted by Crippen LogP contribution is 2.22. The largest absolute Gasteiger partial charge is 0.495 e. The van der Waals surface area contributed by atoms with Crippen LogP contribution in [0, 0.1) is 0 Å². The molecule has 18 heavy (non-hydrogen) atoms. The second-order valence-corrected chi connectivity index (χ2v) is 3.78. The van der Waals surface area contributed by atoms with Gasteiger partial charge in [0.15, 0.2) is 0 Å². The number of nitrogens with zero attached hydrogens (tertiary/aromatic N) is 3. The lowest BCUT2D eigenvalue weighted by atomic mass is 10.1. The maximum Gasteiger partial charge on any atom is 0.137 e. The second kappa shape index (κ2) is 6.07. The van der Waals surface area contributed by atoms with Crippen molar-refractivity contribution < 1.29 is 4.74 Å². The van der Waals surface area contributed by atoms with Crippen LogP contribution in [0.15, 0.2) is 37.1 Å². The molecule has 0 aromatic carbocycles. The van der Waals surface area contributed by atoms with Crippen molar-refractivity contribution in [1.29, 1.82) is 0 Å². The standard InChI is InChI=1S/C13H16N4O/c1-3-16-13(12-4-5-14-9-17-12)10-6-11(18-2)8-15-7-10/h4-9,13,16H,3H2,1-2H3. The number of rotatable bonds is 5. The monoisotopic (exact) mass is 244 g/mol. The van der Waals surface area contributed by atoms with Gasteiger partial charge >= 0.3 is 0 Å². The van der Waals surface area contributed by atoms with Gasteiger partial charge < -0.3 is 10.1 Å². The molecule has 1 N–H and O–H groups in total. The van der Waals surface area contributed by atoms with Gasteiger partial charge in [0, 0.05) is 12.4 Å². The number of methoxy groups -OCH3 is 1. The van der Waals surface area contributed by atoms with Crippen LogP contribution < -0.4 is 10.1 Å². The van der Waals surface area contributed by atoms with Crippen molar-refractivity contribution >= 4 is 0 Å². The summed E-state index contributed by atoms with van der Waals surface area (Å²) in [5.74, 6) is 0.740. The minimum Gasteiger partial charge on any atom is -0.495 e. The quantitative estimate of drug-likeness (QED) is 0.865. The molecule has 1 unspecified atom stereocenters. The first-order valence-corrected chi connectivity index (χ1v) is 5.83. The number of nitrogens with one attached hydrogen (secondary N) is 1. The summed E-state index contributed by atoms with van der Waals surface area (Å²) in [5, 5.41) is 3.38. The minimum absolute atomic E-state index is 0.000556. The van der Waals surface area contributed by atoms with Crippen LogP contribution in [0.25, 0.3) is 0 Å². The smallest absolute Gasteiger partial charge is 0.137 e. The van der Waals surface area contributed by atoms with Crippen molar-refractivity contribution in [3.8, 4) is 5.75 Å². The van der Waals surface area contributed by atoms with E-state index in [0.717, 1.165) is 23.6 Å². The third kappa shape index (κ3) is 2.81. The highest BCUT2D eigenvalue weighted by Gasteiger charge is 2.15. The zero-order chi connectivity index (χ0) is 12.8. The lowest BCUT2D eigenvalue weighted by Crippen LogP contribution is -2.23. The Morgan fingerprint density at radius 3 is 2.89 bits per heavy atom. The Bertz CT molecular complexity index is 489. The van der Waals surface area contributed by atoms with Gasteiger partial charge in [-0.2, -0.15) is 0 Å². The molecule has 1 atom stereocenters. The fourth-order valence-electron chi connectivity index (χ4n) is 1.77. The van der Waals surface area contributed by atoms with Crippen LogP contribution in [-0.4, -0.2) is 28.6 Å². The molecular formula is C13H16N4O. The molecule has 0 saturated carbocycles. The van der Waals surface area contributed by atoms with Crippen molar-refractivity contribution in [2.24, 2.45) is 0 Å². The number of ether oxygens (including phenoxy) is 1. The SMILES string of the molecule is CCNC(c1cncc(OC)c1)c1ccncn1. The van der Waals surface area contributed by atoms with E-state index in [2.05, 4.69) is 27.2 Å². The highest BCUT2D eigenvalue weighted by atomic mass is 16.5. The van der Waals surface area contributed by atoms with Gasteiger partial charge in [-0.15, -0.1) is 0 Å². The van der Waals surface area contributed by atoms with Gasteiger partial charge in [0.2, 0.25) is 0 Å². The fraction of sp³-hybridized carbons (Fsp3) is 0.308. The van der Waals surface area contributed by atoms with E-state index in [4.69, 9.17) is 4.74 Å². The maximum absolute atomic E-state index is 5.20. The molecule has 2 aromatic heterocycles. The number of pyridine rings is 1. The molecule has 94 valence electrons. The lowest BCUT2D eigenvalue weighted by molar-refractivity contribution is 0.411. The molecule has 2 aromatic rings. The predicted molar refractivity (Wildman–Crippen MR) is 68.3 cm³/mol. The molecule has 0 saturated heterocycles. The van der Waals surface area contributed by atoms with Crippen molar-refractivity contribution in [1.82, 2.24) is 20.3 Å².